The third-order valence-electron chi connectivity index (χ3n) is 0. The molecule has 6 heavy (non-hydrogen) atoms. The van der Waals surface area contributed by atoms with E-state index in [9.17, 15) is 0 Å². The van der Waals surface area contributed by atoms with Crippen molar-refractivity contribution in [2.24, 2.45) is 0 Å². The van der Waals surface area contributed by atoms with Crippen LogP contribution in [-0.2, 0) is 0 Å². The predicted octanol–water partition coefficient (Wildman–Crippen LogP) is -0.119. The zero-order valence-electron chi connectivity index (χ0n) is 2.22. The molecule has 0 rings (SSSR count). The number of halogens is 1. The molecule has 5 heteroatoms. The molecule has 0 atom stereocenters. The molecule has 0 aromatic heterocycles. The monoisotopic (exact) mass is 151 g/mol. The van der Waals surface area contributed by atoms with Crippen molar-refractivity contribution < 1.29 is 4.66 Å². The van der Waals surface area contributed by atoms with Gasteiger partial charge in [-0.25, -0.2) is 0 Å². The molecule has 0 heterocycles. The van der Waals surface area contributed by atoms with E-state index >= 15 is 0 Å². The van der Waals surface area contributed by atoms with Crippen LogP contribution in [0.3, 0.4) is 0 Å². The Bertz CT molecular complexity index is 37.0. The summed E-state index contributed by atoms with van der Waals surface area (Å²) < 4.78 is 6.47. The van der Waals surface area contributed by atoms with E-state index in [4.69, 9.17) is 9.92 Å². The van der Waals surface area contributed by atoms with Crippen LogP contribution >= 0.6 is 24.5 Å². The quantitative estimate of drug-likeness (QED) is 0.288. The number of hydrogen-bond donors (Lipinski definition) is 2. The number of thiocyanates is 1. The van der Waals surface area contributed by atoms with Crippen molar-refractivity contribution in [3.63, 3.8) is 0 Å². The van der Waals surface area contributed by atoms with E-state index in [1.165, 1.54) is 5.40 Å². The fraction of sp³-hybridized carbons (Fsp3) is 0. The summed E-state index contributed by atoms with van der Waals surface area (Å²) >= 11 is 6.73. The fourth-order valence-electron chi connectivity index (χ4n) is 0. The SMILES string of the molecule is N#CS.OCl.[KH]. The number of hydrogen-bond acceptors (Lipinski definition) is 3. The Morgan fingerprint density at radius 2 is 1.67 bits per heavy atom. The molecule has 32 valence electrons. The van der Waals surface area contributed by atoms with Gasteiger partial charge in [0.2, 0.25) is 0 Å². The minimum atomic E-state index is 0. The van der Waals surface area contributed by atoms with Crippen molar-refractivity contribution in [1.82, 2.24) is 0 Å². The van der Waals surface area contributed by atoms with Gasteiger partial charge < -0.3 is 0 Å². The molecule has 0 bridgehead atoms. The third-order valence-corrected chi connectivity index (χ3v) is 0. The Hall–Kier alpha value is 1.73. The molecule has 0 aromatic rings. The second-order valence-electron chi connectivity index (χ2n) is 0.100. The molecule has 0 aromatic carbocycles. The molecule has 0 saturated carbocycles. The fourth-order valence-corrected chi connectivity index (χ4v) is 0. The molecule has 0 saturated heterocycles. The topological polar surface area (TPSA) is 44.0 Å². The summed E-state index contributed by atoms with van der Waals surface area (Å²) in [4.78, 5) is 0. The van der Waals surface area contributed by atoms with E-state index < -0.39 is 0 Å². The first-order valence-electron chi connectivity index (χ1n) is 0.616. The van der Waals surface area contributed by atoms with Crippen LogP contribution in [0.1, 0.15) is 0 Å². The normalized spacial score (nSPS) is 2.33. The zero-order valence-corrected chi connectivity index (χ0v) is 3.87. The zero-order chi connectivity index (χ0) is 4.71. The van der Waals surface area contributed by atoms with Crippen LogP contribution in [-0.4, -0.2) is 56.0 Å². The van der Waals surface area contributed by atoms with Gasteiger partial charge in [-0.05, 0) is 0 Å². The Morgan fingerprint density at radius 1 is 1.67 bits per heavy atom. The first-order chi connectivity index (χ1) is 2.41. The Kier molecular flexibility index (Phi) is 77.4. The summed E-state index contributed by atoms with van der Waals surface area (Å²) in [5, 5.41) is 8.63. The Balaban J connectivity index is -0.0000000275. The second-order valence-corrected chi connectivity index (χ2v) is 0.300. The summed E-state index contributed by atoms with van der Waals surface area (Å²) in [5.74, 6) is 0. The van der Waals surface area contributed by atoms with E-state index in [2.05, 4.69) is 24.5 Å². The number of nitrogens with zero attached hydrogens (tertiary/aromatic N) is 1. The van der Waals surface area contributed by atoms with Gasteiger partial charge in [0.15, 0.2) is 0 Å². The number of rotatable bonds is 0. The van der Waals surface area contributed by atoms with Gasteiger partial charge in [0.05, 0.1) is 11.9 Å². The Labute approximate surface area is 89.5 Å². The van der Waals surface area contributed by atoms with Gasteiger partial charge in [0.25, 0.3) is 0 Å². The van der Waals surface area contributed by atoms with Crippen LogP contribution in [0.5, 0.6) is 0 Å². The van der Waals surface area contributed by atoms with Crippen molar-refractivity contribution in [2.75, 3.05) is 0 Å². The van der Waals surface area contributed by atoms with Crippen LogP contribution < -0.4 is 0 Å². The summed E-state index contributed by atoms with van der Waals surface area (Å²) in [7, 11) is 0. The van der Waals surface area contributed by atoms with Crippen molar-refractivity contribution in [1.29, 1.82) is 5.26 Å². The Morgan fingerprint density at radius 3 is 1.67 bits per heavy atom. The average Bonchev–Trinajstić information content (AvgIpc) is 1.46. The number of nitriles is 1. The maximum absolute atomic E-state index is 7.18. The molecule has 2 nitrogen and oxygen atoms in total. The van der Waals surface area contributed by atoms with E-state index in [0.29, 0.717) is 0 Å². The van der Waals surface area contributed by atoms with Gasteiger partial charge in [-0.3, -0.25) is 4.66 Å². The van der Waals surface area contributed by atoms with Crippen molar-refractivity contribution >= 4 is 75.9 Å². The van der Waals surface area contributed by atoms with Crippen LogP contribution in [0.25, 0.3) is 0 Å². The predicted molar refractivity (Wildman–Crippen MR) is 29.8 cm³/mol. The first-order valence-corrected chi connectivity index (χ1v) is 1.40. The van der Waals surface area contributed by atoms with Gasteiger partial charge in [0, 0.05) is 0 Å². The van der Waals surface area contributed by atoms with E-state index in [-0.39, 0.29) is 51.4 Å². The van der Waals surface area contributed by atoms with Gasteiger partial charge in [-0.15, -0.1) is 0 Å². The van der Waals surface area contributed by atoms with Crippen molar-refractivity contribution in [2.45, 2.75) is 0 Å². The molecule has 0 aliphatic heterocycles. The van der Waals surface area contributed by atoms with Gasteiger partial charge in [-0.2, -0.15) is 5.26 Å². The van der Waals surface area contributed by atoms with Crippen LogP contribution in [0, 0.1) is 10.7 Å². The maximum atomic E-state index is 7.18. The van der Waals surface area contributed by atoms with Crippen LogP contribution in [0.15, 0.2) is 0 Å². The summed E-state index contributed by atoms with van der Waals surface area (Å²) in [5.41, 5.74) is 0. The summed E-state index contributed by atoms with van der Waals surface area (Å²) in [6, 6.07) is 0. The molecule has 0 unspecified atom stereocenters. The molecular weight excluding hydrogens is 149 g/mol. The third kappa shape index (κ3) is 42.9. The summed E-state index contributed by atoms with van der Waals surface area (Å²) in [6.07, 6.45) is 0. The average molecular weight is 152 g/mol. The van der Waals surface area contributed by atoms with Gasteiger partial charge in [-0.1, -0.05) is 12.6 Å². The standard InChI is InChI=1S/CHNS.ClHO.K.H/c2-1-3;1-2;;/h3H;2H;;. The molecule has 0 fully saturated rings. The van der Waals surface area contributed by atoms with Crippen molar-refractivity contribution in [3.8, 4) is 5.40 Å². The number of thiol groups is 1. The van der Waals surface area contributed by atoms with Gasteiger partial charge in [0.1, 0.15) is 5.40 Å². The van der Waals surface area contributed by atoms with E-state index in [1.807, 2.05) is 0 Å². The molecule has 0 amide bonds. The first kappa shape index (κ1) is 15.6. The van der Waals surface area contributed by atoms with Crippen LogP contribution in [0.2, 0.25) is 0 Å². The summed E-state index contributed by atoms with van der Waals surface area (Å²) in [6.45, 7) is 0. The molecule has 0 aliphatic rings. The van der Waals surface area contributed by atoms with Crippen molar-refractivity contribution in [3.05, 3.63) is 0 Å². The van der Waals surface area contributed by atoms with Gasteiger partial charge >= 0.3 is 51.4 Å². The second kappa shape index (κ2) is 29.7. The van der Waals surface area contributed by atoms with E-state index in [1.54, 1.807) is 0 Å². The molecular formula is CH3ClKNOS. The molecule has 1 N–H and O–H groups in total. The molecule has 0 spiro atoms. The van der Waals surface area contributed by atoms with E-state index in [0.717, 1.165) is 0 Å². The molecule has 0 aliphatic carbocycles. The van der Waals surface area contributed by atoms with Crippen LogP contribution in [0.4, 0.5) is 0 Å². The molecule has 0 radical (unpaired) electrons. The minimum absolute atomic E-state index is 0.